The standard InChI is InChI=1S/C19H18Cl3NO4S/c1-12-11-14(20)5-6-17(12)27-19(24)13-7-9-23(10-8-13)28(25,26)18-15(21)3-2-4-16(18)22/h2-6,11,13H,7-10H2,1H3. The monoisotopic (exact) mass is 461 g/mol. The highest BCUT2D eigenvalue weighted by molar-refractivity contribution is 7.89. The van der Waals surface area contributed by atoms with Gasteiger partial charge < -0.3 is 4.74 Å². The number of hydrogen-bond acceptors (Lipinski definition) is 4. The van der Waals surface area contributed by atoms with Gasteiger partial charge in [0.2, 0.25) is 10.0 Å². The molecular weight excluding hydrogens is 445 g/mol. The van der Waals surface area contributed by atoms with E-state index in [1.54, 1.807) is 31.2 Å². The molecule has 0 unspecified atom stereocenters. The molecule has 1 heterocycles. The van der Waals surface area contributed by atoms with Gasteiger partial charge in [-0.1, -0.05) is 40.9 Å². The first-order valence-corrected chi connectivity index (χ1v) is 11.2. The van der Waals surface area contributed by atoms with Crippen LogP contribution in [0.5, 0.6) is 5.75 Å². The lowest BCUT2D eigenvalue weighted by Gasteiger charge is -2.30. The van der Waals surface area contributed by atoms with Crippen LogP contribution < -0.4 is 4.74 Å². The predicted molar refractivity (Wildman–Crippen MR) is 110 cm³/mol. The zero-order chi connectivity index (χ0) is 20.5. The van der Waals surface area contributed by atoms with Gasteiger partial charge in [0.1, 0.15) is 10.6 Å². The molecule has 5 nitrogen and oxygen atoms in total. The molecule has 0 aliphatic carbocycles. The van der Waals surface area contributed by atoms with Crippen LogP contribution in [-0.4, -0.2) is 31.8 Å². The van der Waals surface area contributed by atoms with Crippen LogP contribution in [0.2, 0.25) is 15.1 Å². The minimum Gasteiger partial charge on any atom is -0.426 e. The van der Waals surface area contributed by atoms with E-state index in [0.717, 1.165) is 5.56 Å². The van der Waals surface area contributed by atoms with Crippen molar-refractivity contribution in [3.05, 3.63) is 57.0 Å². The molecule has 0 radical (unpaired) electrons. The van der Waals surface area contributed by atoms with Crippen LogP contribution in [-0.2, 0) is 14.8 Å². The van der Waals surface area contributed by atoms with Crippen molar-refractivity contribution in [3.8, 4) is 5.75 Å². The van der Waals surface area contributed by atoms with Gasteiger partial charge in [0.05, 0.1) is 16.0 Å². The van der Waals surface area contributed by atoms with E-state index < -0.39 is 10.0 Å². The van der Waals surface area contributed by atoms with Crippen LogP contribution in [0.15, 0.2) is 41.3 Å². The Hall–Kier alpha value is -1.31. The Balaban J connectivity index is 1.68. The molecule has 1 fully saturated rings. The minimum atomic E-state index is -3.84. The van der Waals surface area contributed by atoms with E-state index in [4.69, 9.17) is 39.5 Å². The first-order valence-electron chi connectivity index (χ1n) is 8.62. The third kappa shape index (κ3) is 4.47. The number of rotatable bonds is 4. The summed E-state index contributed by atoms with van der Waals surface area (Å²) < 4.78 is 32.6. The molecule has 1 aliphatic rings. The summed E-state index contributed by atoms with van der Waals surface area (Å²) in [7, 11) is -3.84. The summed E-state index contributed by atoms with van der Waals surface area (Å²) in [5.41, 5.74) is 0.759. The second-order valence-corrected chi connectivity index (χ2v) is 9.69. The number of halogens is 3. The van der Waals surface area contributed by atoms with Gasteiger partial charge in [-0.15, -0.1) is 0 Å². The summed E-state index contributed by atoms with van der Waals surface area (Å²) in [6, 6.07) is 9.57. The number of sulfonamides is 1. The first-order chi connectivity index (χ1) is 13.2. The topological polar surface area (TPSA) is 63.7 Å². The lowest BCUT2D eigenvalue weighted by molar-refractivity contribution is -0.140. The zero-order valence-corrected chi connectivity index (χ0v) is 18.1. The number of carbonyl (C=O) groups excluding carboxylic acids is 1. The van der Waals surface area contributed by atoms with Crippen molar-refractivity contribution in [1.29, 1.82) is 0 Å². The largest absolute Gasteiger partial charge is 0.426 e. The number of aryl methyl sites for hydroxylation is 1. The Morgan fingerprint density at radius 1 is 1.07 bits per heavy atom. The Morgan fingerprint density at radius 3 is 2.25 bits per heavy atom. The molecule has 150 valence electrons. The van der Waals surface area contributed by atoms with Gasteiger partial charge in [0.25, 0.3) is 0 Å². The maximum Gasteiger partial charge on any atom is 0.314 e. The molecule has 28 heavy (non-hydrogen) atoms. The van der Waals surface area contributed by atoms with Crippen molar-refractivity contribution < 1.29 is 17.9 Å². The van der Waals surface area contributed by atoms with E-state index >= 15 is 0 Å². The average Bonchev–Trinajstić information content (AvgIpc) is 2.64. The van der Waals surface area contributed by atoms with Gasteiger partial charge in [0.15, 0.2) is 0 Å². The Kier molecular flexibility index (Phi) is 6.57. The maximum atomic E-state index is 12.9. The van der Waals surface area contributed by atoms with Gasteiger partial charge in [-0.05, 0) is 55.7 Å². The molecule has 1 aliphatic heterocycles. The van der Waals surface area contributed by atoms with E-state index in [9.17, 15) is 13.2 Å². The van der Waals surface area contributed by atoms with Crippen LogP contribution in [0.4, 0.5) is 0 Å². The van der Waals surface area contributed by atoms with Crippen molar-refractivity contribution in [2.45, 2.75) is 24.7 Å². The number of hydrogen-bond donors (Lipinski definition) is 0. The van der Waals surface area contributed by atoms with Crippen LogP contribution in [0.25, 0.3) is 0 Å². The highest BCUT2D eigenvalue weighted by Crippen LogP contribution is 2.33. The predicted octanol–water partition coefficient (Wildman–Crippen LogP) is 4.96. The van der Waals surface area contributed by atoms with Crippen molar-refractivity contribution in [1.82, 2.24) is 4.31 Å². The number of benzene rings is 2. The van der Waals surface area contributed by atoms with E-state index in [-0.39, 0.29) is 39.9 Å². The first kappa shape index (κ1) is 21.4. The smallest absolute Gasteiger partial charge is 0.314 e. The van der Waals surface area contributed by atoms with E-state index in [1.165, 1.54) is 16.4 Å². The van der Waals surface area contributed by atoms with E-state index in [1.807, 2.05) is 0 Å². The Labute approximate surface area is 179 Å². The van der Waals surface area contributed by atoms with Gasteiger partial charge in [-0.2, -0.15) is 4.31 Å². The normalized spacial score (nSPS) is 16.1. The molecule has 0 bridgehead atoms. The molecule has 1 saturated heterocycles. The van der Waals surface area contributed by atoms with Gasteiger partial charge in [-0.3, -0.25) is 4.79 Å². The maximum absolute atomic E-state index is 12.9. The van der Waals surface area contributed by atoms with Crippen LogP contribution in [0, 0.1) is 12.8 Å². The number of nitrogens with zero attached hydrogens (tertiary/aromatic N) is 1. The van der Waals surface area contributed by atoms with Crippen molar-refractivity contribution in [2.24, 2.45) is 5.92 Å². The summed E-state index contributed by atoms with van der Waals surface area (Å²) in [6.45, 7) is 2.17. The fraction of sp³-hybridized carbons (Fsp3) is 0.316. The lowest BCUT2D eigenvalue weighted by Crippen LogP contribution is -2.41. The Bertz CT molecular complexity index is 982. The quantitative estimate of drug-likeness (QED) is 0.476. The fourth-order valence-corrected chi connectivity index (χ4v) is 5.90. The minimum absolute atomic E-state index is 0.0762. The second kappa shape index (κ2) is 8.59. The van der Waals surface area contributed by atoms with Gasteiger partial charge >= 0.3 is 5.97 Å². The highest BCUT2D eigenvalue weighted by atomic mass is 35.5. The molecule has 0 saturated carbocycles. The van der Waals surface area contributed by atoms with E-state index in [0.29, 0.717) is 23.6 Å². The third-order valence-corrected chi connectivity index (χ3v) is 7.74. The molecule has 0 aromatic heterocycles. The number of carbonyl (C=O) groups is 1. The molecular formula is C19H18Cl3NO4S. The molecule has 3 rings (SSSR count). The SMILES string of the molecule is Cc1cc(Cl)ccc1OC(=O)C1CCN(S(=O)(=O)c2c(Cl)cccc2Cl)CC1. The van der Waals surface area contributed by atoms with Crippen LogP contribution >= 0.6 is 34.8 Å². The molecule has 0 N–H and O–H groups in total. The lowest BCUT2D eigenvalue weighted by atomic mass is 9.98. The highest BCUT2D eigenvalue weighted by Gasteiger charge is 2.35. The molecule has 0 amide bonds. The number of ether oxygens (including phenoxy) is 1. The molecule has 9 heteroatoms. The van der Waals surface area contributed by atoms with Gasteiger partial charge in [-0.25, -0.2) is 8.42 Å². The zero-order valence-electron chi connectivity index (χ0n) is 15.0. The van der Waals surface area contributed by atoms with Crippen molar-refractivity contribution in [2.75, 3.05) is 13.1 Å². The number of piperidine rings is 1. The number of esters is 1. The molecule has 0 spiro atoms. The Morgan fingerprint density at radius 2 is 1.68 bits per heavy atom. The average molecular weight is 463 g/mol. The summed E-state index contributed by atoms with van der Waals surface area (Å²) in [5, 5.41) is 0.716. The summed E-state index contributed by atoms with van der Waals surface area (Å²) >= 11 is 18.0. The third-order valence-electron chi connectivity index (χ3n) is 4.65. The summed E-state index contributed by atoms with van der Waals surface area (Å²) in [4.78, 5) is 12.4. The molecule has 2 aromatic carbocycles. The fourth-order valence-electron chi connectivity index (χ4n) is 3.11. The molecule has 0 atom stereocenters. The summed E-state index contributed by atoms with van der Waals surface area (Å²) in [5.74, 6) is -0.311. The van der Waals surface area contributed by atoms with Crippen LogP contribution in [0.3, 0.4) is 0 Å². The second-order valence-electron chi connectivity index (χ2n) is 6.56. The van der Waals surface area contributed by atoms with E-state index in [2.05, 4.69) is 0 Å². The van der Waals surface area contributed by atoms with Crippen molar-refractivity contribution in [3.63, 3.8) is 0 Å². The summed E-state index contributed by atoms with van der Waals surface area (Å²) in [6.07, 6.45) is 0.708. The molecule has 2 aromatic rings. The van der Waals surface area contributed by atoms with Gasteiger partial charge in [0, 0.05) is 18.1 Å². The van der Waals surface area contributed by atoms with Crippen LogP contribution in [0.1, 0.15) is 18.4 Å². The van der Waals surface area contributed by atoms with Crippen molar-refractivity contribution >= 4 is 50.8 Å².